The van der Waals surface area contributed by atoms with Gasteiger partial charge in [0.15, 0.2) is 0 Å². The molecule has 0 aromatic carbocycles. The molecule has 0 amide bonds. The summed E-state index contributed by atoms with van der Waals surface area (Å²) >= 11 is 0. The molecule has 132 valence electrons. The van der Waals surface area contributed by atoms with Gasteiger partial charge in [0, 0.05) is 11.8 Å². The molecule has 0 aliphatic heterocycles. The van der Waals surface area contributed by atoms with Crippen LogP contribution in [0.2, 0.25) is 0 Å². The lowest BCUT2D eigenvalue weighted by Crippen LogP contribution is -2.65. The second-order valence-electron chi connectivity index (χ2n) is 8.89. The SMILES string of the molecule is CC(C)C1CCC(C)[C@@H]2CC[C@@H](C)[C@@]3(O)[C@@H]2[C@H](O)C(CO)=C[C@@H]13. The molecule has 0 radical (unpaired) electrons. The van der Waals surface area contributed by atoms with Crippen molar-refractivity contribution >= 4 is 0 Å². The monoisotopic (exact) mass is 322 g/mol. The van der Waals surface area contributed by atoms with Gasteiger partial charge in [-0.15, -0.1) is 0 Å². The molecule has 0 aromatic rings. The Morgan fingerprint density at radius 1 is 1.17 bits per heavy atom. The summed E-state index contributed by atoms with van der Waals surface area (Å²) in [6.45, 7) is 8.85. The lowest BCUT2D eigenvalue weighted by atomic mass is 9.48. The molecule has 2 unspecified atom stereocenters. The van der Waals surface area contributed by atoms with Gasteiger partial charge in [0.05, 0.1) is 18.3 Å². The number of aliphatic hydroxyl groups excluding tert-OH is 2. The van der Waals surface area contributed by atoms with Gasteiger partial charge < -0.3 is 15.3 Å². The van der Waals surface area contributed by atoms with Crippen LogP contribution in [0.5, 0.6) is 0 Å². The van der Waals surface area contributed by atoms with Crippen molar-refractivity contribution in [2.75, 3.05) is 6.61 Å². The Kier molecular flexibility index (Phi) is 4.67. The minimum absolute atomic E-state index is 0.0587. The van der Waals surface area contributed by atoms with Gasteiger partial charge in [-0.2, -0.15) is 0 Å². The minimum atomic E-state index is -0.829. The molecule has 3 N–H and O–H groups in total. The number of hydrogen-bond donors (Lipinski definition) is 3. The quantitative estimate of drug-likeness (QED) is 0.685. The summed E-state index contributed by atoms with van der Waals surface area (Å²) in [6, 6.07) is 0. The average Bonchev–Trinajstić information content (AvgIpc) is 2.50. The van der Waals surface area contributed by atoms with E-state index in [-0.39, 0.29) is 24.4 Å². The molecule has 2 saturated carbocycles. The molecule has 3 nitrogen and oxygen atoms in total. The molecule has 3 aliphatic carbocycles. The molecule has 4 bridgehead atoms. The van der Waals surface area contributed by atoms with E-state index in [1.807, 2.05) is 6.08 Å². The van der Waals surface area contributed by atoms with Crippen LogP contribution in [0, 0.1) is 41.4 Å². The van der Waals surface area contributed by atoms with Gasteiger partial charge in [-0.1, -0.05) is 40.2 Å². The van der Waals surface area contributed by atoms with Gasteiger partial charge in [-0.25, -0.2) is 0 Å². The lowest BCUT2D eigenvalue weighted by Gasteiger charge is -2.60. The van der Waals surface area contributed by atoms with E-state index in [4.69, 9.17) is 0 Å². The maximum atomic E-state index is 11.9. The first-order valence-corrected chi connectivity index (χ1v) is 9.54. The molecule has 0 spiro atoms. The number of rotatable bonds is 2. The van der Waals surface area contributed by atoms with Gasteiger partial charge in [-0.05, 0) is 54.4 Å². The van der Waals surface area contributed by atoms with E-state index in [0.29, 0.717) is 23.7 Å². The van der Waals surface area contributed by atoms with Crippen LogP contribution in [-0.4, -0.2) is 33.6 Å². The van der Waals surface area contributed by atoms with Crippen molar-refractivity contribution in [1.29, 1.82) is 0 Å². The topological polar surface area (TPSA) is 60.7 Å². The summed E-state index contributed by atoms with van der Waals surface area (Å²) in [5, 5.41) is 32.6. The molecule has 8 atom stereocenters. The molecule has 2 fully saturated rings. The molecular formula is C20H34O3. The highest BCUT2D eigenvalue weighted by Crippen LogP contribution is 2.58. The van der Waals surface area contributed by atoms with Crippen molar-refractivity contribution in [3.05, 3.63) is 11.6 Å². The summed E-state index contributed by atoms with van der Waals surface area (Å²) in [6.07, 6.45) is 5.79. The van der Waals surface area contributed by atoms with Crippen LogP contribution in [0.15, 0.2) is 11.6 Å². The van der Waals surface area contributed by atoms with E-state index in [2.05, 4.69) is 27.7 Å². The summed E-state index contributed by atoms with van der Waals surface area (Å²) < 4.78 is 0. The van der Waals surface area contributed by atoms with Gasteiger partial charge in [0.2, 0.25) is 0 Å². The maximum Gasteiger partial charge on any atom is 0.0831 e. The van der Waals surface area contributed by atoms with Crippen molar-refractivity contribution < 1.29 is 15.3 Å². The highest BCUT2D eigenvalue weighted by atomic mass is 16.3. The number of hydrogen-bond acceptors (Lipinski definition) is 3. The number of aliphatic hydroxyl groups is 3. The molecule has 0 saturated heterocycles. The highest BCUT2D eigenvalue weighted by Gasteiger charge is 2.60. The van der Waals surface area contributed by atoms with Gasteiger partial charge >= 0.3 is 0 Å². The van der Waals surface area contributed by atoms with Crippen LogP contribution in [-0.2, 0) is 0 Å². The van der Waals surface area contributed by atoms with Crippen LogP contribution in [0.4, 0.5) is 0 Å². The fraction of sp³-hybridized carbons (Fsp3) is 0.900. The van der Waals surface area contributed by atoms with E-state index >= 15 is 0 Å². The standard InChI is InChI=1S/C20H34O3/c1-11(2)15-7-5-12(3)16-8-6-13(4)20(23)17(15)9-14(10-21)19(22)18(16)20/h9,11-13,15-19,21-23H,5-8,10H2,1-4H3/t12?,13-,15?,16+,17+,18+,19-,20+/m1/s1. The zero-order valence-electron chi connectivity index (χ0n) is 15.1. The summed E-state index contributed by atoms with van der Waals surface area (Å²) in [4.78, 5) is 0. The smallest absolute Gasteiger partial charge is 0.0831 e. The Labute approximate surface area is 140 Å². The van der Waals surface area contributed by atoms with Crippen molar-refractivity contribution in [3.63, 3.8) is 0 Å². The summed E-state index contributed by atoms with van der Waals surface area (Å²) in [7, 11) is 0. The third-order valence-electron chi connectivity index (χ3n) is 7.55. The molecule has 23 heavy (non-hydrogen) atoms. The Hall–Kier alpha value is -0.380. The van der Waals surface area contributed by atoms with Crippen LogP contribution in [0.1, 0.15) is 53.4 Å². The van der Waals surface area contributed by atoms with Crippen LogP contribution in [0.3, 0.4) is 0 Å². The molecule has 3 rings (SSSR count). The van der Waals surface area contributed by atoms with E-state index in [1.54, 1.807) is 0 Å². The predicted octanol–water partition coefficient (Wildman–Crippen LogP) is 2.99. The van der Waals surface area contributed by atoms with Gasteiger partial charge in [-0.3, -0.25) is 0 Å². The third-order valence-corrected chi connectivity index (χ3v) is 7.55. The molecule has 3 aliphatic rings. The fourth-order valence-electron chi connectivity index (χ4n) is 6.10. The maximum absolute atomic E-state index is 11.9. The molecule has 0 aromatic heterocycles. The lowest BCUT2D eigenvalue weighted by molar-refractivity contribution is -0.203. The van der Waals surface area contributed by atoms with Crippen molar-refractivity contribution in [3.8, 4) is 0 Å². The summed E-state index contributed by atoms with van der Waals surface area (Å²) in [5.41, 5.74) is -0.0894. The third kappa shape index (κ3) is 2.51. The van der Waals surface area contributed by atoms with E-state index in [9.17, 15) is 15.3 Å². The van der Waals surface area contributed by atoms with E-state index in [1.165, 1.54) is 6.42 Å². The van der Waals surface area contributed by atoms with Crippen LogP contribution in [0.25, 0.3) is 0 Å². The normalized spacial score (nSPS) is 50.3. The molecule has 0 heterocycles. The van der Waals surface area contributed by atoms with Crippen LogP contribution >= 0.6 is 0 Å². The van der Waals surface area contributed by atoms with Gasteiger partial charge in [0.25, 0.3) is 0 Å². The second-order valence-corrected chi connectivity index (χ2v) is 8.89. The minimum Gasteiger partial charge on any atom is -0.392 e. The van der Waals surface area contributed by atoms with Crippen molar-refractivity contribution in [2.45, 2.75) is 65.1 Å². The highest BCUT2D eigenvalue weighted by molar-refractivity contribution is 5.26. The zero-order valence-corrected chi connectivity index (χ0v) is 15.1. The average molecular weight is 322 g/mol. The van der Waals surface area contributed by atoms with Crippen molar-refractivity contribution in [1.82, 2.24) is 0 Å². The Morgan fingerprint density at radius 3 is 2.48 bits per heavy atom. The van der Waals surface area contributed by atoms with Crippen molar-refractivity contribution in [2.24, 2.45) is 41.4 Å². The van der Waals surface area contributed by atoms with Crippen LogP contribution < -0.4 is 0 Å². The van der Waals surface area contributed by atoms with E-state index in [0.717, 1.165) is 24.8 Å². The van der Waals surface area contributed by atoms with Gasteiger partial charge in [0.1, 0.15) is 0 Å². The first kappa shape index (κ1) is 17.4. The second kappa shape index (κ2) is 6.16. The molecular weight excluding hydrogens is 288 g/mol. The predicted molar refractivity (Wildman–Crippen MR) is 91.7 cm³/mol. The Morgan fingerprint density at radius 2 is 1.87 bits per heavy atom. The summed E-state index contributed by atoms with van der Waals surface area (Å²) in [5.74, 6) is 1.93. The Balaban J connectivity index is 2.17. The zero-order chi connectivity index (χ0) is 16.9. The first-order chi connectivity index (χ1) is 10.8. The molecule has 3 heteroatoms. The fourth-order valence-corrected chi connectivity index (χ4v) is 6.10. The largest absolute Gasteiger partial charge is 0.392 e. The Bertz CT molecular complexity index is 472. The first-order valence-electron chi connectivity index (χ1n) is 9.54. The van der Waals surface area contributed by atoms with E-state index < -0.39 is 11.7 Å².